The molecule has 1 aliphatic carbocycles. The van der Waals surface area contributed by atoms with Gasteiger partial charge in [-0.1, -0.05) is 42.1 Å². The fraction of sp³-hybridized carbons (Fsp3) is 0.652. The highest BCUT2D eigenvalue weighted by Gasteiger charge is 2.32. The quantitative estimate of drug-likeness (QED) is 0.266. The second kappa shape index (κ2) is 13.2. The van der Waals surface area contributed by atoms with Crippen molar-refractivity contribution in [2.24, 2.45) is 0 Å². The molecular formula is C23H36Cl2N2O3S. The largest absolute Gasteiger partial charge is 0.378 e. The van der Waals surface area contributed by atoms with E-state index < -0.39 is 10.0 Å². The predicted molar refractivity (Wildman–Crippen MR) is 130 cm³/mol. The molecule has 8 heteroatoms. The van der Waals surface area contributed by atoms with Crippen LogP contribution in [0.3, 0.4) is 0 Å². The Morgan fingerprint density at radius 1 is 1.10 bits per heavy atom. The van der Waals surface area contributed by atoms with Crippen LogP contribution >= 0.6 is 23.2 Å². The number of ether oxygens (including phenoxy) is 1. The molecule has 0 aromatic heterocycles. The number of benzene rings is 1. The van der Waals surface area contributed by atoms with Gasteiger partial charge in [0.15, 0.2) is 0 Å². The molecule has 176 valence electrons. The van der Waals surface area contributed by atoms with E-state index in [0.29, 0.717) is 5.02 Å². The Morgan fingerprint density at radius 2 is 1.77 bits per heavy atom. The van der Waals surface area contributed by atoms with E-state index in [0.717, 1.165) is 51.8 Å². The minimum Gasteiger partial charge on any atom is -0.378 e. The molecule has 0 radical (unpaired) electrons. The molecule has 5 nitrogen and oxygen atoms in total. The molecule has 0 heterocycles. The molecule has 1 aromatic rings. The number of hydrogen-bond donors (Lipinski definition) is 0. The van der Waals surface area contributed by atoms with E-state index in [4.69, 9.17) is 27.9 Å². The van der Waals surface area contributed by atoms with Crippen molar-refractivity contribution in [2.75, 3.05) is 33.8 Å². The third-order valence-corrected chi connectivity index (χ3v) is 8.57. The minimum atomic E-state index is -3.65. The molecular weight excluding hydrogens is 455 g/mol. The normalized spacial score (nSPS) is 19.8. The van der Waals surface area contributed by atoms with Crippen LogP contribution in [0.5, 0.6) is 0 Å². The van der Waals surface area contributed by atoms with Crippen LogP contribution in [0.4, 0.5) is 0 Å². The zero-order chi connectivity index (χ0) is 22.9. The van der Waals surface area contributed by atoms with Crippen LogP contribution in [0, 0.1) is 0 Å². The molecule has 2 rings (SSSR count). The highest BCUT2D eigenvalue weighted by atomic mass is 35.5. The predicted octanol–water partition coefficient (Wildman–Crippen LogP) is 5.62. The number of rotatable bonds is 13. The summed E-state index contributed by atoms with van der Waals surface area (Å²) in [5, 5.41) is 0.577. The number of sulfonamides is 1. The summed E-state index contributed by atoms with van der Waals surface area (Å²) in [5.41, 5.74) is 0. The lowest BCUT2D eigenvalue weighted by Gasteiger charge is -2.34. The number of halogens is 2. The number of hydrogen-bond acceptors (Lipinski definition) is 4. The fourth-order valence-corrected chi connectivity index (χ4v) is 6.17. The van der Waals surface area contributed by atoms with Gasteiger partial charge < -0.3 is 9.64 Å². The minimum absolute atomic E-state index is 0.0378. The lowest BCUT2D eigenvalue weighted by Crippen LogP contribution is -2.40. The fourth-order valence-electron chi connectivity index (χ4n) is 4.01. The van der Waals surface area contributed by atoms with Crippen molar-refractivity contribution in [3.8, 4) is 0 Å². The third kappa shape index (κ3) is 8.34. The number of nitrogens with zero attached hydrogens (tertiary/aromatic N) is 2. The average molecular weight is 492 g/mol. The lowest BCUT2D eigenvalue weighted by atomic mass is 9.93. The Labute approximate surface area is 198 Å². The Balaban J connectivity index is 1.68. The van der Waals surface area contributed by atoms with Crippen molar-refractivity contribution >= 4 is 33.2 Å². The molecule has 0 saturated heterocycles. The van der Waals surface area contributed by atoms with Gasteiger partial charge in [0.25, 0.3) is 0 Å². The maximum Gasteiger partial charge on any atom is 0.244 e. The molecule has 31 heavy (non-hydrogen) atoms. The van der Waals surface area contributed by atoms with Crippen LogP contribution in [0.15, 0.2) is 35.7 Å². The summed E-state index contributed by atoms with van der Waals surface area (Å²) >= 11 is 12.0. The van der Waals surface area contributed by atoms with Gasteiger partial charge in [0.05, 0.1) is 11.1 Å². The molecule has 0 bridgehead atoms. The number of unbranched alkanes of at least 4 members (excludes halogenated alkanes) is 3. The molecule has 1 fully saturated rings. The van der Waals surface area contributed by atoms with Crippen LogP contribution in [-0.2, 0) is 14.8 Å². The molecule has 0 unspecified atom stereocenters. The third-order valence-electron chi connectivity index (χ3n) is 5.94. The summed E-state index contributed by atoms with van der Waals surface area (Å²) in [5.74, 6) is 0. The zero-order valence-electron chi connectivity index (χ0n) is 18.7. The van der Waals surface area contributed by atoms with Crippen molar-refractivity contribution in [2.45, 2.75) is 68.4 Å². The summed E-state index contributed by atoms with van der Waals surface area (Å²) in [6.07, 6.45) is 10.2. The van der Waals surface area contributed by atoms with Crippen LogP contribution in [0.2, 0.25) is 10.0 Å². The van der Waals surface area contributed by atoms with Gasteiger partial charge in [-0.3, -0.25) is 0 Å². The van der Waals surface area contributed by atoms with Gasteiger partial charge >= 0.3 is 0 Å². The molecule has 0 spiro atoms. The van der Waals surface area contributed by atoms with Crippen LogP contribution in [0.1, 0.15) is 51.4 Å². The van der Waals surface area contributed by atoms with E-state index in [1.54, 1.807) is 13.1 Å². The zero-order valence-corrected chi connectivity index (χ0v) is 21.1. The second-order valence-electron chi connectivity index (χ2n) is 8.36. The molecule has 0 amide bonds. The van der Waals surface area contributed by atoms with E-state index in [1.165, 1.54) is 35.7 Å². The maximum absolute atomic E-state index is 13.0. The van der Waals surface area contributed by atoms with Gasteiger partial charge in [-0.2, -0.15) is 4.31 Å². The van der Waals surface area contributed by atoms with Crippen molar-refractivity contribution < 1.29 is 13.2 Å². The molecule has 1 aliphatic rings. The smallest absolute Gasteiger partial charge is 0.244 e. The van der Waals surface area contributed by atoms with Crippen molar-refractivity contribution in [1.82, 2.24) is 9.21 Å². The van der Waals surface area contributed by atoms with E-state index in [1.807, 2.05) is 6.08 Å². The summed E-state index contributed by atoms with van der Waals surface area (Å²) in [4.78, 5) is 2.38. The Hall–Kier alpha value is -0.630. The topological polar surface area (TPSA) is 49.9 Å². The summed E-state index contributed by atoms with van der Waals surface area (Å²) in [6.45, 7) is 6.59. The first-order valence-electron chi connectivity index (χ1n) is 11.1. The summed E-state index contributed by atoms with van der Waals surface area (Å²) in [7, 11) is 0.106. The van der Waals surface area contributed by atoms with Crippen LogP contribution in [-0.4, -0.2) is 63.6 Å². The molecule has 1 saturated carbocycles. The van der Waals surface area contributed by atoms with Crippen molar-refractivity contribution in [1.29, 1.82) is 0 Å². The van der Waals surface area contributed by atoms with Gasteiger partial charge in [-0.05, 0) is 70.3 Å². The Morgan fingerprint density at radius 3 is 2.42 bits per heavy atom. The number of likely N-dealkylation sites (N-methyl/N-ethyl adjacent to an activating group) is 1. The lowest BCUT2D eigenvalue weighted by molar-refractivity contribution is 0.0156. The van der Waals surface area contributed by atoms with Crippen LogP contribution < -0.4 is 0 Å². The van der Waals surface area contributed by atoms with Crippen molar-refractivity contribution in [3.63, 3.8) is 0 Å². The first kappa shape index (κ1) is 26.6. The molecule has 1 aromatic carbocycles. The van der Waals surface area contributed by atoms with Crippen molar-refractivity contribution in [3.05, 3.63) is 40.9 Å². The van der Waals surface area contributed by atoms with E-state index in [2.05, 4.69) is 18.5 Å². The molecule has 0 N–H and O–H groups in total. The standard InChI is InChI=1S/C23H36Cl2N2O3S/c1-4-15-26(2)16-7-5-6-8-17-30-21-12-10-20(11-13-21)27(3)31(28,29)23-14-9-19(24)18-22(23)25/h4,9,14,18,20-21H,1,5-8,10-13,15-17H2,2-3H3/t20-,21-. The molecule has 0 atom stereocenters. The summed E-state index contributed by atoms with van der Waals surface area (Å²) < 4.78 is 33.5. The summed E-state index contributed by atoms with van der Waals surface area (Å²) in [6, 6.07) is 4.46. The first-order valence-corrected chi connectivity index (χ1v) is 13.3. The highest BCUT2D eigenvalue weighted by Crippen LogP contribution is 2.32. The first-order chi connectivity index (χ1) is 14.8. The Bertz CT molecular complexity index is 796. The molecule has 0 aliphatic heterocycles. The highest BCUT2D eigenvalue weighted by molar-refractivity contribution is 7.89. The SMILES string of the molecule is C=CCN(C)CCCCCCO[C@H]1CC[C@H](N(C)S(=O)(=O)c2ccc(Cl)cc2Cl)CC1. The Kier molecular flexibility index (Phi) is 11.3. The second-order valence-corrected chi connectivity index (χ2v) is 11.2. The van der Waals surface area contributed by atoms with Crippen LogP contribution in [0.25, 0.3) is 0 Å². The van der Waals surface area contributed by atoms with Gasteiger partial charge in [0.2, 0.25) is 10.0 Å². The van der Waals surface area contributed by atoms with Gasteiger partial charge in [0, 0.05) is 31.3 Å². The average Bonchev–Trinajstić information content (AvgIpc) is 2.73. The van der Waals surface area contributed by atoms with E-state index >= 15 is 0 Å². The van der Waals surface area contributed by atoms with Gasteiger partial charge in [-0.15, -0.1) is 6.58 Å². The van der Waals surface area contributed by atoms with E-state index in [9.17, 15) is 8.42 Å². The monoisotopic (exact) mass is 490 g/mol. The van der Waals surface area contributed by atoms with Gasteiger partial charge in [0.1, 0.15) is 4.90 Å². The van der Waals surface area contributed by atoms with Gasteiger partial charge in [-0.25, -0.2) is 8.42 Å². The van der Waals surface area contributed by atoms with E-state index in [-0.39, 0.29) is 22.1 Å². The maximum atomic E-state index is 13.0.